The van der Waals surface area contributed by atoms with Crippen LogP contribution in [0.3, 0.4) is 0 Å². The second-order valence-corrected chi connectivity index (χ2v) is 6.16. The molecule has 1 heterocycles. The molecule has 2 atom stereocenters. The molecule has 0 spiro atoms. The number of likely N-dealkylation sites (tertiary alicyclic amines) is 1. The number of benzene rings is 1. The van der Waals surface area contributed by atoms with E-state index in [2.05, 4.69) is 29.2 Å². The third-order valence-corrected chi connectivity index (χ3v) is 4.40. The van der Waals surface area contributed by atoms with Gasteiger partial charge in [0.1, 0.15) is 0 Å². The van der Waals surface area contributed by atoms with E-state index in [9.17, 15) is 4.79 Å². The summed E-state index contributed by atoms with van der Waals surface area (Å²) < 4.78 is 5.46. The van der Waals surface area contributed by atoms with Crippen LogP contribution in [0, 0.1) is 0 Å². The zero-order valence-electron chi connectivity index (χ0n) is 14.0. The van der Waals surface area contributed by atoms with Gasteiger partial charge in [0.2, 0.25) is 0 Å². The fourth-order valence-corrected chi connectivity index (χ4v) is 3.05. The van der Waals surface area contributed by atoms with Gasteiger partial charge in [0, 0.05) is 45.4 Å². The van der Waals surface area contributed by atoms with Crippen LogP contribution in [-0.4, -0.2) is 69.2 Å². The predicted octanol–water partition coefficient (Wildman–Crippen LogP) is 1.20. The van der Waals surface area contributed by atoms with E-state index >= 15 is 0 Å². The predicted molar refractivity (Wildman–Crippen MR) is 88.0 cm³/mol. The number of nitrogens with one attached hydrogen (secondary N) is 1. The third-order valence-electron chi connectivity index (χ3n) is 4.40. The number of hydrogen-bond donors (Lipinski definition) is 1. The molecule has 2 rings (SSSR count). The van der Waals surface area contributed by atoms with Gasteiger partial charge in [-0.25, -0.2) is 0 Å². The lowest BCUT2D eigenvalue weighted by Crippen LogP contribution is -2.36. The molecule has 122 valence electrons. The van der Waals surface area contributed by atoms with Gasteiger partial charge in [-0.1, -0.05) is 12.1 Å². The van der Waals surface area contributed by atoms with Crippen LogP contribution in [0.4, 0.5) is 0 Å². The van der Waals surface area contributed by atoms with Gasteiger partial charge in [-0.2, -0.15) is 0 Å². The largest absolute Gasteiger partial charge is 0.380 e. The fraction of sp³-hybridized carbons (Fsp3) is 0.588. The highest BCUT2D eigenvalue weighted by molar-refractivity contribution is 5.93. The normalized spacial score (nSPS) is 22.2. The number of carbonyl (C=O) groups is 1. The minimum absolute atomic E-state index is 0.0434. The highest BCUT2D eigenvalue weighted by atomic mass is 16.5. The standard InChI is InChI=1S/C17H27N3O2/c1-18-17(21)14-7-5-13(6-8-14)10-19(2)11-15-9-16(22-4)12-20(15)3/h5-8,15-16H,9-12H2,1-4H3,(H,18,21)/t15-,16-/m0/s1. The number of ether oxygens (including phenoxy) is 1. The molecule has 1 saturated heterocycles. The van der Waals surface area contributed by atoms with Gasteiger partial charge < -0.3 is 15.0 Å². The van der Waals surface area contributed by atoms with E-state index < -0.39 is 0 Å². The van der Waals surface area contributed by atoms with Crippen LogP contribution in [-0.2, 0) is 11.3 Å². The quantitative estimate of drug-likeness (QED) is 0.858. The fourth-order valence-electron chi connectivity index (χ4n) is 3.05. The smallest absolute Gasteiger partial charge is 0.251 e. The van der Waals surface area contributed by atoms with Crippen molar-refractivity contribution in [1.82, 2.24) is 15.1 Å². The first-order valence-corrected chi connectivity index (χ1v) is 7.76. The maximum Gasteiger partial charge on any atom is 0.251 e. The molecule has 0 aliphatic carbocycles. The van der Waals surface area contributed by atoms with Crippen LogP contribution < -0.4 is 5.32 Å². The summed E-state index contributed by atoms with van der Waals surface area (Å²) in [5.41, 5.74) is 1.92. The number of likely N-dealkylation sites (N-methyl/N-ethyl adjacent to an activating group) is 2. The van der Waals surface area contributed by atoms with Crippen LogP contribution in [0.5, 0.6) is 0 Å². The molecular weight excluding hydrogens is 278 g/mol. The van der Waals surface area contributed by atoms with Crippen molar-refractivity contribution in [3.8, 4) is 0 Å². The Balaban J connectivity index is 1.86. The van der Waals surface area contributed by atoms with Crippen LogP contribution in [0.2, 0.25) is 0 Å². The second-order valence-electron chi connectivity index (χ2n) is 6.16. The lowest BCUT2D eigenvalue weighted by molar-refractivity contribution is 0.0963. The molecule has 0 radical (unpaired) electrons. The van der Waals surface area contributed by atoms with Gasteiger partial charge in [-0.15, -0.1) is 0 Å². The summed E-state index contributed by atoms with van der Waals surface area (Å²) in [5, 5.41) is 2.64. The van der Waals surface area contributed by atoms with E-state index in [1.165, 1.54) is 5.56 Å². The Morgan fingerprint density at radius 1 is 1.41 bits per heavy atom. The van der Waals surface area contributed by atoms with Gasteiger partial charge in [-0.3, -0.25) is 9.69 Å². The number of methoxy groups -OCH3 is 1. The molecule has 1 aliphatic heterocycles. The van der Waals surface area contributed by atoms with Crippen molar-refractivity contribution in [1.29, 1.82) is 0 Å². The molecule has 5 nitrogen and oxygen atoms in total. The Morgan fingerprint density at radius 3 is 2.64 bits per heavy atom. The summed E-state index contributed by atoms with van der Waals surface area (Å²) in [6.45, 7) is 2.92. The minimum Gasteiger partial charge on any atom is -0.380 e. The molecule has 1 fully saturated rings. The number of rotatable bonds is 6. The molecule has 1 N–H and O–H groups in total. The van der Waals surface area contributed by atoms with E-state index in [4.69, 9.17) is 4.74 Å². The van der Waals surface area contributed by atoms with E-state index in [-0.39, 0.29) is 5.91 Å². The zero-order valence-corrected chi connectivity index (χ0v) is 14.0. The van der Waals surface area contributed by atoms with Crippen molar-refractivity contribution in [3.63, 3.8) is 0 Å². The summed E-state index contributed by atoms with van der Waals surface area (Å²) >= 11 is 0. The summed E-state index contributed by atoms with van der Waals surface area (Å²) in [4.78, 5) is 16.2. The van der Waals surface area contributed by atoms with Crippen molar-refractivity contribution in [3.05, 3.63) is 35.4 Å². The van der Waals surface area contributed by atoms with Crippen molar-refractivity contribution >= 4 is 5.91 Å². The molecule has 1 amide bonds. The summed E-state index contributed by atoms with van der Waals surface area (Å²) in [7, 11) is 7.74. The van der Waals surface area contributed by atoms with Crippen LogP contribution >= 0.6 is 0 Å². The van der Waals surface area contributed by atoms with Gasteiger partial charge in [0.15, 0.2) is 0 Å². The molecule has 1 aromatic rings. The van der Waals surface area contributed by atoms with Crippen molar-refractivity contribution in [2.45, 2.75) is 25.1 Å². The average Bonchev–Trinajstić information content (AvgIpc) is 2.87. The highest BCUT2D eigenvalue weighted by Gasteiger charge is 2.29. The maximum absolute atomic E-state index is 11.5. The first-order chi connectivity index (χ1) is 10.5. The summed E-state index contributed by atoms with van der Waals surface area (Å²) in [6, 6.07) is 8.35. The Morgan fingerprint density at radius 2 is 2.09 bits per heavy atom. The molecule has 5 heteroatoms. The third kappa shape index (κ3) is 4.29. The van der Waals surface area contributed by atoms with E-state index in [0.29, 0.717) is 17.7 Å². The van der Waals surface area contributed by atoms with Crippen LogP contribution in [0.1, 0.15) is 22.3 Å². The highest BCUT2D eigenvalue weighted by Crippen LogP contribution is 2.19. The molecule has 0 saturated carbocycles. The van der Waals surface area contributed by atoms with E-state index in [0.717, 1.165) is 26.1 Å². The van der Waals surface area contributed by atoms with Crippen LogP contribution in [0.15, 0.2) is 24.3 Å². The van der Waals surface area contributed by atoms with Crippen molar-refractivity contribution in [2.75, 3.05) is 41.3 Å². The maximum atomic E-state index is 11.5. The van der Waals surface area contributed by atoms with Crippen LogP contribution in [0.25, 0.3) is 0 Å². The zero-order chi connectivity index (χ0) is 16.1. The lowest BCUT2D eigenvalue weighted by Gasteiger charge is -2.25. The van der Waals surface area contributed by atoms with Gasteiger partial charge in [-0.05, 0) is 38.2 Å². The topological polar surface area (TPSA) is 44.8 Å². The Labute approximate surface area is 133 Å². The van der Waals surface area contributed by atoms with Crippen molar-refractivity contribution in [2.24, 2.45) is 0 Å². The molecule has 0 bridgehead atoms. The number of nitrogens with zero attached hydrogens (tertiary/aromatic N) is 2. The number of hydrogen-bond acceptors (Lipinski definition) is 4. The Hall–Kier alpha value is -1.43. The molecule has 0 unspecified atom stereocenters. The van der Waals surface area contributed by atoms with Crippen molar-refractivity contribution < 1.29 is 9.53 Å². The first-order valence-electron chi connectivity index (χ1n) is 7.76. The molecular formula is C17H27N3O2. The monoisotopic (exact) mass is 305 g/mol. The number of amides is 1. The molecule has 1 aliphatic rings. The first kappa shape index (κ1) is 16.9. The minimum atomic E-state index is -0.0434. The molecule has 1 aromatic carbocycles. The summed E-state index contributed by atoms with van der Waals surface area (Å²) in [6.07, 6.45) is 1.45. The van der Waals surface area contributed by atoms with E-state index in [1.807, 2.05) is 24.3 Å². The lowest BCUT2D eigenvalue weighted by atomic mass is 10.1. The Kier molecular flexibility index (Phi) is 5.94. The average molecular weight is 305 g/mol. The van der Waals surface area contributed by atoms with E-state index in [1.54, 1.807) is 14.2 Å². The van der Waals surface area contributed by atoms with Gasteiger partial charge in [0.25, 0.3) is 5.91 Å². The SMILES string of the molecule is CNC(=O)c1ccc(CN(C)C[C@@H]2C[C@H](OC)CN2C)cc1. The van der Waals surface area contributed by atoms with Gasteiger partial charge >= 0.3 is 0 Å². The summed E-state index contributed by atoms with van der Waals surface area (Å²) in [5.74, 6) is -0.0434. The Bertz CT molecular complexity index is 489. The molecule has 22 heavy (non-hydrogen) atoms. The van der Waals surface area contributed by atoms with Gasteiger partial charge in [0.05, 0.1) is 6.10 Å². The molecule has 0 aromatic heterocycles. The second kappa shape index (κ2) is 7.72. The number of carbonyl (C=O) groups excluding carboxylic acids is 1.